The number of carbonyl (C=O) groups is 1. The fraction of sp³-hybridized carbons (Fsp3) is 0.462. The summed E-state index contributed by atoms with van der Waals surface area (Å²) in [6.45, 7) is 4.30. The average Bonchev–Trinajstić information content (AvgIpc) is 2.71. The molecule has 0 radical (unpaired) electrons. The van der Waals surface area contributed by atoms with E-state index in [1.807, 2.05) is 13.8 Å². The summed E-state index contributed by atoms with van der Waals surface area (Å²) in [5.74, 6) is -0.724. The van der Waals surface area contributed by atoms with Crippen LogP contribution in [0.2, 0.25) is 0 Å². The van der Waals surface area contributed by atoms with Crippen LogP contribution in [0.3, 0.4) is 0 Å². The number of rotatable bonds is 4. The first-order valence-corrected chi connectivity index (χ1v) is 7.88. The van der Waals surface area contributed by atoms with Gasteiger partial charge >= 0.3 is 0 Å². The SMILES string of the molecule is CC(C)N1CCC(NS(=O)(=O)c2ccc(F)cc2)C1=O. The standard InChI is InChI=1S/C13H17FN2O3S/c1-9(2)16-8-7-12(13(16)17)15-20(18,19)11-5-3-10(14)4-6-11/h3-6,9,12,15H,7-8H2,1-2H3. The summed E-state index contributed by atoms with van der Waals surface area (Å²) >= 11 is 0. The molecule has 1 atom stereocenters. The van der Waals surface area contributed by atoms with Gasteiger partial charge in [-0.25, -0.2) is 12.8 Å². The Bertz CT molecular complexity index is 599. The molecule has 1 aliphatic rings. The van der Waals surface area contributed by atoms with Gasteiger partial charge in [-0.2, -0.15) is 4.72 Å². The highest BCUT2D eigenvalue weighted by Gasteiger charge is 2.35. The Morgan fingerprint density at radius 3 is 2.40 bits per heavy atom. The quantitative estimate of drug-likeness (QED) is 0.906. The Morgan fingerprint density at radius 2 is 1.90 bits per heavy atom. The van der Waals surface area contributed by atoms with Crippen LogP contribution in [0.4, 0.5) is 4.39 Å². The molecule has 1 heterocycles. The van der Waals surface area contributed by atoms with Crippen LogP contribution in [0.15, 0.2) is 29.2 Å². The van der Waals surface area contributed by atoms with E-state index in [0.717, 1.165) is 12.1 Å². The normalized spacial score (nSPS) is 19.9. The van der Waals surface area contributed by atoms with Crippen LogP contribution in [0.5, 0.6) is 0 Å². The van der Waals surface area contributed by atoms with E-state index in [0.29, 0.717) is 13.0 Å². The number of hydrogen-bond acceptors (Lipinski definition) is 3. The van der Waals surface area contributed by atoms with E-state index in [1.54, 1.807) is 4.90 Å². The van der Waals surface area contributed by atoms with Crippen LogP contribution < -0.4 is 4.72 Å². The van der Waals surface area contributed by atoms with E-state index in [4.69, 9.17) is 0 Å². The number of likely N-dealkylation sites (tertiary alicyclic amines) is 1. The Kier molecular flexibility index (Phi) is 4.10. The Labute approximate surface area is 117 Å². The van der Waals surface area contributed by atoms with Crippen molar-refractivity contribution in [3.63, 3.8) is 0 Å². The molecule has 1 amide bonds. The molecule has 1 aliphatic heterocycles. The Morgan fingerprint density at radius 1 is 1.30 bits per heavy atom. The lowest BCUT2D eigenvalue weighted by atomic mass is 10.3. The molecule has 0 saturated carbocycles. The van der Waals surface area contributed by atoms with E-state index < -0.39 is 21.9 Å². The number of nitrogens with zero attached hydrogens (tertiary/aromatic N) is 1. The van der Waals surface area contributed by atoms with E-state index in [2.05, 4.69) is 4.72 Å². The highest BCUT2D eigenvalue weighted by Crippen LogP contribution is 2.17. The van der Waals surface area contributed by atoms with E-state index in [-0.39, 0.29) is 16.8 Å². The first-order valence-electron chi connectivity index (χ1n) is 6.39. The number of hydrogen-bond donors (Lipinski definition) is 1. The third-order valence-corrected chi connectivity index (χ3v) is 4.77. The predicted octanol–water partition coefficient (Wildman–Crippen LogP) is 1.11. The minimum atomic E-state index is -3.81. The zero-order chi connectivity index (χ0) is 14.9. The van der Waals surface area contributed by atoms with Crippen LogP contribution in [0, 0.1) is 5.82 Å². The van der Waals surface area contributed by atoms with Gasteiger partial charge in [0.25, 0.3) is 0 Å². The molecule has 7 heteroatoms. The monoisotopic (exact) mass is 300 g/mol. The van der Waals surface area contributed by atoms with Crippen LogP contribution in [0.1, 0.15) is 20.3 Å². The topological polar surface area (TPSA) is 66.5 Å². The number of carbonyl (C=O) groups excluding carboxylic acids is 1. The molecule has 1 saturated heterocycles. The van der Waals surface area contributed by atoms with Crippen molar-refractivity contribution in [2.45, 2.75) is 37.2 Å². The third-order valence-electron chi connectivity index (χ3n) is 3.28. The van der Waals surface area contributed by atoms with Crippen molar-refractivity contribution >= 4 is 15.9 Å². The number of sulfonamides is 1. The van der Waals surface area contributed by atoms with Gasteiger partial charge < -0.3 is 4.90 Å². The summed E-state index contributed by atoms with van der Waals surface area (Å²) in [4.78, 5) is 13.6. The van der Waals surface area contributed by atoms with Crippen molar-refractivity contribution in [2.75, 3.05) is 6.54 Å². The molecule has 0 aliphatic carbocycles. The molecule has 1 N–H and O–H groups in total. The lowest BCUT2D eigenvalue weighted by Gasteiger charge is -2.21. The number of benzene rings is 1. The van der Waals surface area contributed by atoms with Crippen molar-refractivity contribution < 1.29 is 17.6 Å². The van der Waals surface area contributed by atoms with Gasteiger partial charge in [-0.15, -0.1) is 0 Å². The van der Waals surface area contributed by atoms with Crippen LogP contribution >= 0.6 is 0 Å². The maximum absolute atomic E-state index is 12.8. The molecule has 0 spiro atoms. The van der Waals surface area contributed by atoms with Crippen molar-refractivity contribution in [1.82, 2.24) is 9.62 Å². The molecule has 1 aromatic rings. The Balaban J connectivity index is 2.14. The maximum Gasteiger partial charge on any atom is 0.241 e. The van der Waals surface area contributed by atoms with E-state index in [9.17, 15) is 17.6 Å². The van der Waals surface area contributed by atoms with Gasteiger partial charge in [-0.1, -0.05) is 0 Å². The summed E-state index contributed by atoms with van der Waals surface area (Å²) in [5.41, 5.74) is 0. The van der Waals surface area contributed by atoms with Crippen molar-refractivity contribution in [3.8, 4) is 0 Å². The van der Waals surface area contributed by atoms with Crippen molar-refractivity contribution in [3.05, 3.63) is 30.1 Å². The third kappa shape index (κ3) is 2.99. The first-order chi connectivity index (χ1) is 9.31. The predicted molar refractivity (Wildman–Crippen MR) is 72.0 cm³/mol. The van der Waals surface area contributed by atoms with Crippen molar-refractivity contribution in [2.24, 2.45) is 0 Å². The zero-order valence-corrected chi connectivity index (χ0v) is 12.2. The van der Waals surface area contributed by atoms with Crippen LogP contribution in [-0.2, 0) is 14.8 Å². The van der Waals surface area contributed by atoms with Gasteiger partial charge in [-0.3, -0.25) is 4.79 Å². The number of nitrogens with one attached hydrogen (secondary N) is 1. The fourth-order valence-corrected chi connectivity index (χ4v) is 3.42. The lowest BCUT2D eigenvalue weighted by Crippen LogP contribution is -2.43. The van der Waals surface area contributed by atoms with Crippen LogP contribution in [-0.4, -0.2) is 37.9 Å². The minimum Gasteiger partial charge on any atom is -0.339 e. The first kappa shape index (κ1) is 14.9. The van der Waals surface area contributed by atoms with E-state index in [1.165, 1.54) is 12.1 Å². The number of halogens is 1. The molecule has 110 valence electrons. The molecule has 0 aromatic heterocycles. The smallest absolute Gasteiger partial charge is 0.241 e. The summed E-state index contributed by atoms with van der Waals surface area (Å²) in [6, 6.07) is 3.81. The van der Waals surface area contributed by atoms with Crippen molar-refractivity contribution in [1.29, 1.82) is 0 Å². The second-order valence-electron chi connectivity index (χ2n) is 5.04. The van der Waals surface area contributed by atoms with Gasteiger partial charge in [-0.05, 0) is 44.5 Å². The lowest BCUT2D eigenvalue weighted by molar-refractivity contribution is -0.130. The minimum absolute atomic E-state index is 0.0443. The molecule has 1 aromatic carbocycles. The average molecular weight is 300 g/mol. The van der Waals surface area contributed by atoms with Gasteiger partial charge in [0.05, 0.1) is 4.90 Å². The summed E-state index contributed by atoms with van der Waals surface area (Å²) in [5, 5.41) is 0. The highest BCUT2D eigenvalue weighted by molar-refractivity contribution is 7.89. The largest absolute Gasteiger partial charge is 0.339 e. The molecular weight excluding hydrogens is 283 g/mol. The highest BCUT2D eigenvalue weighted by atomic mass is 32.2. The fourth-order valence-electron chi connectivity index (χ4n) is 2.19. The van der Waals surface area contributed by atoms with Gasteiger partial charge in [0.15, 0.2) is 0 Å². The van der Waals surface area contributed by atoms with Gasteiger partial charge in [0, 0.05) is 12.6 Å². The Hall–Kier alpha value is -1.47. The molecule has 1 unspecified atom stereocenters. The van der Waals surface area contributed by atoms with Gasteiger partial charge in [0.1, 0.15) is 11.9 Å². The van der Waals surface area contributed by atoms with Gasteiger partial charge in [0.2, 0.25) is 15.9 Å². The summed E-state index contributed by atoms with van der Waals surface area (Å²) in [6.07, 6.45) is 0.442. The molecule has 5 nitrogen and oxygen atoms in total. The second kappa shape index (κ2) is 5.49. The summed E-state index contributed by atoms with van der Waals surface area (Å²) in [7, 11) is -3.81. The molecule has 0 bridgehead atoms. The second-order valence-corrected chi connectivity index (χ2v) is 6.76. The van der Waals surface area contributed by atoms with E-state index >= 15 is 0 Å². The molecular formula is C13H17FN2O3S. The van der Waals surface area contributed by atoms with Crippen LogP contribution in [0.25, 0.3) is 0 Å². The maximum atomic E-state index is 12.8. The summed E-state index contributed by atoms with van der Waals surface area (Å²) < 4.78 is 39.4. The molecule has 1 fully saturated rings. The zero-order valence-electron chi connectivity index (χ0n) is 11.3. The number of amides is 1. The molecule has 20 heavy (non-hydrogen) atoms. The molecule has 2 rings (SSSR count).